The van der Waals surface area contributed by atoms with Crippen molar-refractivity contribution in [1.82, 2.24) is 9.78 Å². The Hall–Kier alpha value is -1.57. The van der Waals surface area contributed by atoms with Gasteiger partial charge in [0.15, 0.2) is 0 Å². The van der Waals surface area contributed by atoms with Gasteiger partial charge in [0.05, 0.1) is 5.69 Å². The quantitative estimate of drug-likeness (QED) is 0.744. The van der Waals surface area contributed by atoms with Crippen LogP contribution in [0.1, 0.15) is 18.9 Å². The molecule has 2 nitrogen and oxygen atoms in total. The lowest BCUT2D eigenvalue weighted by molar-refractivity contribution is 0.771. The van der Waals surface area contributed by atoms with Crippen LogP contribution < -0.4 is 0 Å². The van der Waals surface area contributed by atoms with Crippen LogP contribution in [0.25, 0.3) is 11.3 Å². The lowest BCUT2D eigenvalue weighted by Crippen LogP contribution is -1.88. The van der Waals surface area contributed by atoms with Crippen LogP contribution in [-0.2, 0) is 13.5 Å². The Morgan fingerprint density at radius 1 is 1.13 bits per heavy atom. The molecule has 0 bridgehead atoms. The largest absolute Gasteiger partial charge is 0.275 e. The van der Waals surface area contributed by atoms with Gasteiger partial charge in [0, 0.05) is 18.8 Å². The number of aryl methyl sites for hydroxylation is 2. The highest BCUT2D eigenvalue weighted by Crippen LogP contribution is 2.17. The zero-order chi connectivity index (χ0) is 10.7. The molecule has 15 heavy (non-hydrogen) atoms. The molecule has 0 aliphatic carbocycles. The molecule has 1 heterocycles. The van der Waals surface area contributed by atoms with E-state index in [1.807, 2.05) is 24.0 Å². The van der Waals surface area contributed by atoms with Crippen molar-refractivity contribution in [3.63, 3.8) is 0 Å². The van der Waals surface area contributed by atoms with E-state index >= 15 is 0 Å². The second-order valence-electron chi connectivity index (χ2n) is 3.82. The van der Waals surface area contributed by atoms with E-state index in [1.165, 1.54) is 17.5 Å². The Bertz CT molecular complexity index is 426. The van der Waals surface area contributed by atoms with Crippen molar-refractivity contribution in [2.75, 3.05) is 0 Å². The van der Waals surface area contributed by atoms with Crippen LogP contribution in [0.15, 0.2) is 36.5 Å². The average Bonchev–Trinajstić information content (AvgIpc) is 2.67. The molecule has 0 unspecified atom stereocenters. The highest BCUT2D eigenvalue weighted by Gasteiger charge is 2.00. The summed E-state index contributed by atoms with van der Waals surface area (Å²) in [5.41, 5.74) is 3.63. The fourth-order valence-corrected chi connectivity index (χ4v) is 1.70. The van der Waals surface area contributed by atoms with Gasteiger partial charge in [-0.1, -0.05) is 37.6 Å². The van der Waals surface area contributed by atoms with Crippen molar-refractivity contribution < 1.29 is 0 Å². The van der Waals surface area contributed by atoms with E-state index in [0.717, 1.165) is 12.1 Å². The van der Waals surface area contributed by atoms with E-state index < -0.39 is 0 Å². The average molecular weight is 200 g/mol. The monoisotopic (exact) mass is 200 g/mol. The maximum Gasteiger partial charge on any atom is 0.0923 e. The van der Waals surface area contributed by atoms with Gasteiger partial charge in [-0.2, -0.15) is 5.10 Å². The summed E-state index contributed by atoms with van der Waals surface area (Å²) in [7, 11) is 1.94. The molecule has 0 radical (unpaired) electrons. The molecule has 0 aliphatic rings. The standard InChI is InChI=1S/C13H16N2/c1-3-4-11-5-7-12(8-6-11)13-9-10-15(2)14-13/h5-10H,3-4H2,1-2H3. The smallest absolute Gasteiger partial charge is 0.0923 e. The Morgan fingerprint density at radius 3 is 2.40 bits per heavy atom. The van der Waals surface area contributed by atoms with Gasteiger partial charge in [-0.3, -0.25) is 4.68 Å². The first-order valence-corrected chi connectivity index (χ1v) is 5.38. The Kier molecular flexibility index (Phi) is 2.86. The molecule has 1 aromatic heterocycles. The minimum atomic E-state index is 1.04. The first-order valence-electron chi connectivity index (χ1n) is 5.38. The number of hydrogen-bond donors (Lipinski definition) is 0. The van der Waals surface area contributed by atoms with E-state index in [0.29, 0.717) is 0 Å². The number of rotatable bonds is 3. The summed E-state index contributed by atoms with van der Waals surface area (Å²) in [4.78, 5) is 0. The summed E-state index contributed by atoms with van der Waals surface area (Å²) < 4.78 is 1.83. The lowest BCUT2D eigenvalue weighted by Gasteiger charge is -2.00. The van der Waals surface area contributed by atoms with E-state index in [2.05, 4.69) is 36.3 Å². The fraction of sp³-hybridized carbons (Fsp3) is 0.308. The SMILES string of the molecule is CCCc1ccc(-c2ccn(C)n2)cc1. The molecule has 0 aliphatic heterocycles. The molecule has 78 valence electrons. The zero-order valence-electron chi connectivity index (χ0n) is 9.27. The second-order valence-corrected chi connectivity index (χ2v) is 3.82. The van der Waals surface area contributed by atoms with Crippen molar-refractivity contribution in [2.24, 2.45) is 7.05 Å². The van der Waals surface area contributed by atoms with Gasteiger partial charge in [-0.25, -0.2) is 0 Å². The highest BCUT2D eigenvalue weighted by molar-refractivity contribution is 5.58. The molecule has 0 saturated heterocycles. The minimum absolute atomic E-state index is 1.04. The van der Waals surface area contributed by atoms with Crippen molar-refractivity contribution in [2.45, 2.75) is 19.8 Å². The molecule has 2 aromatic rings. The van der Waals surface area contributed by atoms with Crippen molar-refractivity contribution in [3.05, 3.63) is 42.1 Å². The summed E-state index contributed by atoms with van der Waals surface area (Å²) in [6, 6.07) is 10.7. The van der Waals surface area contributed by atoms with Crippen LogP contribution in [0, 0.1) is 0 Å². The zero-order valence-corrected chi connectivity index (χ0v) is 9.27. The van der Waals surface area contributed by atoms with Crippen LogP contribution in [0.2, 0.25) is 0 Å². The molecular weight excluding hydrogens is 184 g/mol. The van der Waals surface area contributed by atoms with Crippen molar-refractivity contribution >= 4 is 0 Å². The normalized spacial score (nSPS) is 10.5. The molecule has 1 aromatic carbocycles. The van der Waals surface area contributed by atoms with E-state index in [9.17, 15) is 0 Å². The molecular formula is C13H16N2. The maximum atomic E-state index is 4.37. The number of benzene rings is 1. The van der Waals surface area contributed by atoms with E-state index in [-0.39, 0.29) is 0 Å². The van der Waals surface area contributed by atoms with Crippen LogP contribution in [0.4, 0.5) is 0 Å². The summed E-state index contributed by atoms with van der Waals surface area (Å²) >= 11 is 0. The molecule has 0 N–H and O–H groups in total. The first kappa shape index (κ1) is 9.97. The molecule has 0 spiro atoms. The van der Waals surface area contributed by atoms with Gasteiger partial charge in [0.25, 0.3) is 0 Å². The molecule has 0 fully saturated rings. The van der Waals surface area contributed by atoms with Gasteiger partial charge in [0.1, 0.15) is 0 Å². The molecule has 2 rings (SSSR count). The fourth-order valence-electron chi connectivity index (χ4n) is 1.70. The minimum Gasteiger partial charge on any atom is -0.275 e. The van der Waals surface area contributed by atoms with Crippen molar-refractivity contribution in [3.8, 4) is 11.3 Å². The van der Waals surface area contributed by atoms with Crippen molar-refractivity contribution in [1.29, 1.82) is 0 Å². The molecule has 2 heteroatoms. The Labute approximate surface area is 90.6 Å². The third-order valence-corrected chi connectivity index (χ3v) is 2.50. The van der Waals surface area contributed by atoms with Crippen LogP contribution in [0.5, 0.6) is 0 Å². The Balaban J connectivity index is 2.23. The van der Waals surface area contributed by atoms with Gasteiger partial charge < -0.3 is 0 Å². The maximum absolute atomic E-state index is 4.37. The van der Waals surface area contributed by atoms with Crippen LogP contribution in [-0.4, -0.2) is 9.78 Å². The lowest BCUT2D eigenvalue weighted by atomic mass is 10.1. The van der Waals surface area contributed by atoms with Gasteiger partial charge >= 0.3 is 0 Å². The van der Waals surface area contributed by atoms with Gasteiger partial charge in [0.2, 0.25) is 0 Å². The third kappa shape index (κ3) is 2.27. The number of hydrogen-bond acceptors (Lipinski definition) is 1. The highest BCUT2D eigenvalue weighted by atomic mass is 15.2. The first-order chi connectivity index (χ1) is 7.29. The topological polar surface area (TPSA) is 17.8 Å². The molecule has 0 saturated carbocycles. The Morgan fingerprint density at radius 2 is 1.87 bits per heavy atom. The van der Waals surface area contributed by atoms with Crippen LogP contribution >= 0.6 is 0 Å². The number of nitrogens with zero attached hydrogens (tertiary/aromatic N) is 2. The summed E-state index contributed by atoms with van der Waals surface area (Å²) in [5.74, 6) is 0. The third-order valence-electron chi connectivity index (χ3n) is 2.50. The molecule has 0 amide bonds. The summed E-state index contributed by atoms with van der Waals surface area (Å²) in [6.07, 6.45) is 4.32. The predicted molar refractivity (Wildman–Crippen MR) is 62.6 cm³/mol. The second kappa shape index (κ2) is 4.30. The summed E-state index contributed by atoms with van der Waals surface area (Å²) in [5, 5.41) is 4.37. The summed E-state index contributed by atoms with van der Waals surface area (Å²) in [6.45, 7) is 2.20. The number of aromatic nitrogens is 2. The van der Waals surface area contributed by atoms with E-state index in [1.54, 1.807) is 0 Å². The molecule has 0 atom stereocenters. The van der Waals surface area contributed by atoms with Gasteiger partial charge in [-0.05, 0) is 18.1 Å². The predicted octanol–water partition coefficient (Wildman–Crippen LogP) is 3.04. The van der Waals surface area contributed by atoms with E-state index in [4.69, 9.17) is 0 Å². The van der Waals surface area contributed by atoms with Crippen LogP contribution in [0.3, 0.4) is 0 Å². The van der Waals surface area contributed by atoms with Gasteiger partial charge in [-0.15, -0.1) is 0 Å².